The molecule has 1 aromatic rings. The molecule has 9 rings (SSSR count). The van der Waals surface area contributed by atoms with Crippen molar-refractivity contribution in [1.82, 2.24) is 0 Å². The number of carbonyl (C=O) groups is 3. The topological polar surface area (TPSA) is 156 Å². The van der Waals surface area contributed by atoms with E-state index in [-0.39, 0.29) is 97.2 Å². The number of aliphatic hydroxyl groups is 1. The van der Waals surface area contributed by atoms with Gasteiger partial charge in [0.05, 0.1) is 31.3 Å². The van der Waals surface area contributed by atoms with Crippen molar-refractivity contribution in [1.29, 1.82) is 0 Å². The Kier molecular flexibility index (Phi) is 20.3. The van der Waals surface area contributed by atoms with Crippen molar-refractivity contribution in [2.24, 2.45) is 92.7 Å². The molecule has 7 saturated carbocycles. The third kappa shape index (κ3) is 12.3. The largest absolute Gasteiger partial charge is 1.00 e. The Morgan fingerprint density at radius 2 is 1.21 bits per heavy atom. The van der Waals surface area contributed by atoms with E-state index in [1.165, 1.54) is 91.3 Å². The summed E-state index contributed by atoms with van der Waals surface area (Å²) in [6.07, 6.45) is 23.9. The molecule has 0 heterocycles. The van der Waals surface area contributed by atoms with Crippen LogP contribution in [0.25, 0.3) is 0 Å². The minimum Gasteiger partial charge on any atom is -0.550 e. The van der Waals surface area contributed by atoms with Crippen LogP contribution < -0.4 is 56.5 Å². The molecule has 10 nitrogen and oxygen atoms in total. The minimum absolute atomic E-state index is 0. The van der Waals surface area contributed by atoms with Crippen LogP contribution in [0.1, 0.15) is 189 Å². The third-order valence-electron chi connectivity index (χ3n) is 22.1. The summed E-state index contributed by atoms with van der Waals surface area (Å²) < 4.78 is 43.2. The van der Waals surface area contributed by atoms with Crippen LogP contribution in [0.5, 0.6) is 0 Å². The quantitative estimate of drug-likeness (QED) is 0.0984. The molecular formula is C60H93KO10S. The molecule has 0 unspecified atom stereocenters. The predicted octanol–water partition coefficient (Wildman–Crippen LogP) is 8.84. The van der Waals surface area contributed by atoms with Crippen LogP contribution in [0.2, 0.25) is 0 Å². The van der Waals surface area contributed by atoms with Crippen molar-refractivity contribution in [2.75, 3.05) is 14.2 Å². The van der Waals surface area contributed by atoms with Crippen LogP contribution in [-0.4, -0.2) is 57.9 Å². The summed E-state index contributed by atoms with van der Waals surface area (Å²) in [6.45, 7) is 20.0. The number of carboxylic acids is 1. The molecule has 1 aromatic carbocycles. The van der Waals surface area contributed by atoms with Crippen molar-refractivity contribution in [2.45, 2.75) is 208 Å². The summed E-state index contributed by atoms with van der Waals surface area (Å²) in [5.74, 6) is 6.23. The van der Waals surface area contributed by atoms with Gasteiger partial charge in [-0.25, -0.2) is 0 Å². The second-order valence-electron chi connectivity index (χ2n) is 25.8. The first kappa shape index (κ1) is 60.1. The number of rotatable bonds is 11. The molecule has 0 amide bonds. The normalized spacial score (nSPS) is 40.3. The fraction of sp³-hybridized carbons (Fsp3) is 0.817. The number of aryl methyl sites for hydroxylation is 1. The smallest absolute Gasteiger partial charge is 0.550 e. The van der Waals surface area contributed by atoms with Crippen molar-refractivity contribution < 1.29 is 98.1 Å². The maximum absolute atomic E-state index is 13.6. The molecule has 0 aromatic heterocycles. The fourth-order valence-electron chi connectivity index (χ4n) is 18.4. The zero-order chi connectivity index (χ0) is 51.8. The standard InChI is InChI=1S/C33H50O5S.C25H40O3.C2H4O2.K/c1-21-7-10-24(11-8-21)39(35,36)38-30-20-25-27-13-12-26(23(3)9-14-31(34)37-6)32(27,4)18-16-28(25)33(5)17-15-22(2)19-29(30)33;1-16(5-10-23(27)28-4)20-8-9-21-19-7-6-17-15-18(26)11-13-24(17,2)22(19)12-14-25(20,21)3;1-2(3)4;/h7-8,10-11,22-23,25-30H,9,12-20H2,1-6H3;6,16,18-22,26H,5,7-15H2,1-4H3;1H3,(H,3,4);/q;;;+1/p-1/t22-,23-,25+,26-,27+,28+,29+,30+,32-,33-;16-,18+,19+,20-,21+,22+,24+,25-;;/m11../s1. The SMILES string of the molecule is CC(=O)[O-].COC(=O)CC[C@@H](C)[C@H]1CC[C@H]2[C@@H]3CC=C4C[C@@H](O)CC[C@]4(C)[C@H]3CC[C@]12C.COC(=O)CC[C@@H](C)[C@H]1CC[C@H]2[C@@H]3C[C@H](OS(=O)(=O)c4ccc(C)cc4)[C@@H]4C[C@H](C)CC[C@]4(C)[C@H]3CC[C@]12C.[K+]. The van der Waals surface area contributed by atoms with Gasteiger partial charge < -0.3 is 24.5 Å². The average molecular weight is 1050 g/mol. The summed E-state index contributed by atoms with van der Waals surface area (Å²) in [7, 11) is -0.862. The van der Waals surface area contributed by atoms with Gasteiger partial charge in [-0.05, 0) is 228 Å². The molecule has 18 atom stereocenters. The number of methoxy groups -OCH3 is 2. The van der Waals surface area contributed by atoms with Crippen LogP contribution in [0.4, 0.5) is 0 Å². The number of hydrogen-bond donors (Lipinski definition) is 1. The van der Waals surface area contributed by atoms with E-state index in [9.17, 15) is 23.1 Å². The molecule has 0 saturated heterocycles. The summed E-state index contributed by atoms with van der Waals surface area (Å²) in [5.41, 5.74) is 3.74. The summed E-state index contributed by atoms with van der Waals surface area (Å²) in [4.78, 5) is 32.6. The van der Waals surface area contributed by atoms with E-state index in [4.69, 9.17) is 23.6 Å². The van der Waals surface area contributed by atoms with E-state index in [1.807, 2.05) is 19.1 Å². The summed E-state index contributed by atoms with van der Waals surface area (Å²) >= 11 is 0. The van der Waals surface area contributed by atoms with Gasteiger partial charge in [-0.1, -0.05) is 84.2 Å². The van der Waals surface area contributed by atoms with E-state index in [0.717, 1.165) is 74.7 Å². The number of aliphatic carboxylic acids is 1. The first-order valence-corrected chi connectivity index (χ1v) is 29.5. The Balaban J connectivity index is 0.000000226. The zero-order valence-corrected chi connectivity index (χ0v) is 50.6. The van der Waals surface area contributed by atoms with Crippen molar-refractivity contribution >= 4 is 28.0 Å². The Bertz CT molecular complexity index is 2170. The van der Waals surface area contributed by atoms with E-state index in [0.29, 0.717) is 65.1 Å². The molecule has 400 valence electrons. The van der Waals surface area contributed by atoms with E-state index < -0.39 is 16.1 Å². The van der Waals surface area contributed by atoms with Crippen molar-refractivity contribution in [3.63, 3.8) is 0 Å². The van der Waals surface area contributed by atoms with E-state index in [2.05, 4.69) is 54.5 Å². The first-order valence-electron chi connectivity index (χ1n) is 28.1. The molecule has 12 heteroatoms. The molecule has 0 radical (unpaired) electrons. The van der Waals surface area contributed by atoms with Crippen LogP contribution in [0.15, 0.2) is 40.8 Å². The second-order valence-corrected chi connectivity index (χ2v) is 27.4. The summed E-state index contributed by atoms with van der Waals surface area (Å²) in [6, 6.07) is 7.08. The Labute approximate surface area is 478 Å². The Morgan fingerprint density at radius 1 is 0.708 bits per heavy atom. The average Bonchev–Trinajstić information content (AvgIpc) is 3.87. The van der Waals surface area contributed by atoms with Crippen LogP contribution in [-0.2, 0) is 38.2 Å². The van der Waals surface area contributed by atoms with Gasteiger partial charge in [0, 0.05) is 18.8 Å². The minimum atomic E-state index is -3.83. The maximum atomic E-state index is 13.6. The van der Waals surface area contributed by atoms with E-state index in [1.54, 1.807) is 17.7 Å². The molecule has 0 spiro atoms. The number of esters is 2. The first-order chi connectivity index (χ1) is 33.4. The zero-order valence-electron chi connectivity index (χ0n) is 46.6. The Morgan fingerprint density at radius 3 is 1.75 bits per heavy atom. The van der Waals surface area contributed by atoms with Crippen LogP contribution in [0, 0.1) is 99.6 Å². The van der Waals surface area contributed by atoms with Crippen LogP contribution in [0.3, 0.4) is 0 Å². The molecule has 0 bridgehead atoms. The monoisotopic (exact) mass is 1040 g/mol. The number of carboxylic acid groups (broad SMARTS) is 1. The predicted molar refractivity (Wildman–Crippen MR) is 276 cm³/mol. The van der Waals surface area contributed by atoms with Crippen molar-refractivity contribution in [3.8, 4) is 0 Å². The van der Waals surface area contributed by atoms with Gasteiger partial charge in [0.1, 0.15) is 0 Å². The number of benzene rings is 1. The molecule has 72 heavy (non-hydrogen) atoms. The third-order valence-corrected chi connectivity index (χ3v) is 23.5. The molecule has 7 fully saturated rings. The molecule has 1 N–H and O–H groups in total. The van der Waals surface area contributed by atoms with Gasteiger partial charge in [0.2, 0.25) is 0 Å². The number of hydrogen-bond acceptors (Lipinski definition) is 10. The van der Waals surface area contributed by atoms with Crippen LogP contribution >= 0.6 is 0 Å². The number of allylic oxidation sites excluding steroid dienone is 1. The van der Waals surface area contributed by atoms with Gasteiger partial charge in [-0.2, -0.15) is 8.42 Å². The van der Waals surface area contributed by atoms with Gasteiger partial charge in [0.15, 0.2) is 0 Å². The molecule has 8 aliphatic carbocycles. The van der Waals surface area contributed by atoms with Gasteiger partial charge in [-0.15, -0.1) is 0 Å². The Hall–Kier alpha value is -1.12. The van der Waals surface area contributed by atoms with Gasteiger partial charge in [-0.3, -0.25) is 13.8 Å². The van der Waals surface area contributed by atoms with Crippen molar-refractivity contribution in [3.05, 3.63) is 41.5 Å². The maximum Gasteiger partial charge on any atom is 1.00 e. The second kappa shape index (κ2) is 24.3. The number of carbonyl (C=O) groups excluding carboxylic acids is 3. The number of fused-ring (bicyclic) bond motifs is 10. The summed E-state index contributed by atoms with van der Waals surface area (Å²) in [5, 5.41) is 19.1. The molecular weight excluding hydrogens is 952 g/mol. The van der Waals surface area contributed by atoms with Gasteiger partial charge >= 0.3 is 63.3 Å². The molecule has 0 aliphatic heterocycles. The molecule has 8 aliphatic rings. The van der Waals surface area contributed by atoms with Gasteiger partial charge in [0.25, 0.3) is 10.1 Å². The number of aliphatic hydroxyl groups excluding tert-OH is 1. The fourth-order valence-corrected chi connectivity index (χ4v) is 19.5. The number of ether oxygens (including phenoxy) is 2. The van der Waals surface area contributed by atoms with E-state index >= 15 is 0 Å².